The number of nitrogens with two attached hydrogens (primary N) is 1. The summed E-state index contributed by atoms with van der Waals surface area (Å²) in [5.41, 5.74) is 8.00. The largest absolute Gasteiger partial charge is 2.00 e. The average Bonchev–Trinajstić information content (AvgIpc) is 3.01. The quantitative estimate of drug-likeness (QED) is 0.0451. The molecule has 2 amide bonds. The van der Waals surface area contributed by atoms with E-state index in [1.54, 1.807) is 0 Å². The van der Waals surface area contributed by atoms with Crippen LogP contribution in [0.4, 0.5) is 15.3 Å². The zero-order valence-corrected chi connectivity index (χ0v) is 35.5. The molecule has 7 heteroatoms. The molecular weight excluding hydrogens is 670 g/mol. The Kier molecular flexibility index (Phi) is 39.1. The van der Waals surface area contributed by atoms with Crippen LogP contribution in [0.3, 0.4) is 0 Å². The Bertz CT molecular complexity index is 836. The molecule has 0 aliphatic carbocycles. The number of primary amides is 1. The molecule has 0 fully saturated rings. The predicted molar refractivity (Wildman–Crippen MR) is 208 cm³/mol. The van der Waals surface area contributed by atoms with Crippen molar-refractivity contribution in [3.8, 4) is 0 Å². The summed E-state index contributed by atoms with van der Waals surface area (Å²) < 4.78 is 0. The summed E-state index contributed by atoms with van der Waals surface area (Å²) in [5, 5.41) is 1.82. The molecule has 4 nitrogen and oxygen atoms in total. The minimum absolute atomic E-state index is 0. The molecule has 1 aromatic carbocycles. The first-order chi connectivity index (χ1) is 22.4. The van der Waals surface area contributed by atoms with E-state index in [-0.39, 0.29) is 24.7 Å². The number of hydrogen-bond donors (Lipinski definition) is 2. The van der Waals surface area contributed by atoms with Gasteiger partial charge in [-0.15, -0.1) is 0 Å². The second-order valence-corrected chi connectivity index (χ2v) is 14.1. The molecule has 0 bridgehead atoms. The van der Waals surface area contributed by atoms with Gasteiger partial charge in [0.15, 0.2) is 0 Å². The van der Waals surface area contributed by atoms with Gasteiger partial charge < -0.3 is 45.9 Å². The van der Waals surface area contributed by atoms with Crippen LogP contribution in [-0.4, -0.2) is 10.5 Å². The van der Waals surface area contributed by atoms with Crippen molar-refractivity contribution >= 4 is 41.4 Å². The first kappa shape index (κ1) is 48.3. The summed E-state index contributed by atoms with van der Waals surface area (Å²) in [5.74, 6) is 0. The van der Waals surface area contributed by atoms with E-state index in [1.807, 2.05) is 6.07 Å². The summed E-state index contributed by atoms with van der Waals surface area (Å²) in [7, 11) is 0. The maximum Gasteiger partial charge on any atom is 2.00 e. The Morgan fingerprint density at radius 2 is 0.830 bits per heavy atom. The van der Waals surface area contributed by atoms with Gasteiger partial charge in [-0.25, -0.2) is 0 Å². The van der Waals surface area contributed by atoms with E-state index in [9.17, 15) is 4.79 Å². The van der Waals surface area contributed by atoms with E-state index in [4.69, 9.17) is 17.4 Å². The number of aryl methyl sites for hydroxylation is 1. The number of benzene rings is 1. The summed E-state index contributed by atoms with van der Waals surface area (Å²) in [6, 6.07) is 6.41. The van der Waals surface area contributed by atoms with Gasteiger partial charge in [-0.2, -0.15) is 0 Å². The van der Waals surface area contributed by atoms with Gasteiger partial charge in [-0.05, 0) is 42.9 Å². The van der Waals surface area contributed by atoms with E-state index in [2.05, 4.69) is 49.7 Å². The van der Waals surface area contributed by atoms with Crippen LogP contribution in [-0.2, 0) is 57.6 Å². The van der Waals surface area contributed by atoms with Crippen LogP contribution in [0.1, 0.15) is 205 Å². The van der Waals surface area contributed by atoms with Gasteiger partial charge in [0.1, 0.15) is 5.24 Å². The van der Waals surface area contributed by atoms with Crippen LogP contribution in [0.2, 0.25) is 0 Å². The van der Waals surface area contributed by atoms with Crippen LogP contribution in [0.25, 0.3) is 0 Å². The van der Waals surface area contributed by atoms with E-state index in [1.165, 1.54) is 191 Å². The molecule has 0 atom stereocenters. The fourth-order valence-corrected chi connectivity index (χ4v) is 6.51. The third kappa shape index (κ3) is 34.9. The number of unbranched alkanes of at least 4 members (excludes halogenated alkanes) is 26. The smallest absolute Gasteiger partial charge is 0.719 e. The van der Waals surface area contributed by atoms with Crippen LogP contribution in [0, 0.1) is 0 Å². The van der Waals surface area contributed by atoms with Crippen molar-refractivity contribution in [3.63, 3.8) is 0 Å². The molecular formula is C40H72N2O2S2Zn. The Hall–Kier alpha value is -0.777. The molecule has 0 spiro atoms. The van der Waals surface area contributed by atoms with E-state index >= 15 is 0 Å². The first-order valence-corrected chi connectivity index (χ1v) is 20.3. The van der Waals surface area contributed by atoms with E-state index in [0.717, 1.165) is 18.5 Å². The molecule has 1 aromatic rings. The Morgan fingerprint density at radius 3 is 1.15 bits per heavy atom. The van der Waals surface area contributed by atoms with Crippen molar-refractivity contribution in [2.24, 2.45) is 5.73 Å². The van der Waals surface area contributed by atoms with Gasteiger partial charge in [-0.1, -0.05) is 193 Å². The van der Waals surface area contributed by atoms with E-state index < -0.39 is 5.24 Å². The molecule has 0 aliphatic rings. The first-order valence-electron chi connectivity index (χ1n) is 19.5. The average molecular weight is 743 g/mol. The van der Waals surface area contributed by atoms with Gasteiger partial charge in [0, 0.05) is 5.69 Å². The van der Waals surface area contributed by atoms with Crippen molar-refractivity contribution in [1.82, 2.24) is 0 Å². The molecule has 268 valence electrons. The standard InChI is InChI=1S/C39H71NOS.CH3NOS.Zn/c1-3-5-7-9-11-13-15-17-19-21-23-25-27-29-32-36-33-31-35-38(40-39(41)42)37(36)34-30-28-26-24-22-20-18-16-14-12-10-8-6-4-2;2-1(3)4;/h31,33,35H,3-30,32,34H2,1-2H3,(H2,40,41,42);(H3,2,3,4);/q;;+2/p-2. The van der Waals surface area contributed by atoms with Crippen molar-refractivity contribution in [2.45, 2.75) is 206 Å². The number of anilines is 1. The van der Waals surface area contributed by atoms with Gasteiger partial charge in [0.2, 0.25) is 0 Å². The molecule has 1 rings (SSSR count). The number of rotatable bonds is 31. The monoisotopic (exact) mass is 740 g/mol. The van der Waals surface area contributed by atoms with Crippen LogP contribution in [0.5, 0.6) is 0 Å². The third-order valence-corrected chi connectivity index (χ3v) is 9.19. The van der Waals surface area contributed by atoms with Crippen molar-refractivity contribution in [1.29, 1.82) is 0 Å². The minimum atomic E-state index is -0.750. The summed E-state index contributed by atoms with van der Waals surface area (Å²) in [6.07, 6.45) is 41.0. The van der Waals surface area contributed by atoms with Gasteiger partial charge in [-0.3, -0.25) is 0 Å². The molecule has 0 heterocycles. The van der Waals surface area contributed by atoms with Crippen molar-refractivity contribution in [3.05, 3.63) is 29.3 Å². The molecule has 0 saturated heterocycles. The van der Waals surface area contributed by atoms with Gasteiger partial charge in [0.05, 0.1) is 5.24 Å². The van der Waals surface area contributed by atoms with Gasteiger partial charge in [0.25, 0.3) is 0 Å². The molecule has 0 saturated carbocycles. The normalized spacial score (nSPS) is 10.6. The molecule has 0 aliphatic heterocycles. The zero-order valence-electron chi connectivity index (χ0n) is 30.9. The topological polar surface area (TPSA) is 72.2 Å². The Balaban J connectivity index is 0. The van der Waals surface area contributed by atoms with E-state index in [0.29, 0.717) is 0 Å². The fraction of sp³-hybridized carbons (Fsp3) is 0.800. The summed E-state index contributed by atoms with van der Waals surface area (Å²) in [4.78, 5) is 20.7. The van der Waals surface area contributed by atoms with Crippen LogP contribution in [0.15, 0.2) is 18.2 Å². The fourth-order valence-electron chi connectivity index (χ4n) is 6.40. The third-order valence-electron chi connectivity index (χ3n) is 9.09. The Morgan fingerprint density at radius 1 is 0.532 bits per heavy atom. The summed E-state index contributed by atoms with van der Waals surface area (Å²) >= 11 is 8.62. The predicted octanol–water partition coefficient (Wildman–Crippen LogP) is 13.4. The minimum Gasteiger partial charge on any atom is -0.719 e. The van der Waals surface area contributed by atoms with Crippen molar-refractivity contribution < 1.29 is 29.1 Å². The van der Waals surface area contributed by atoms with Gasteiger partial charge >= 0.3 is 19.5 Å². The molecule has 3 N–H and O–H groups in total. The number of hydrogen-bond acceptors (Lipinski definition) is 4. The molecule has 0 unspecified atom stereocenters. The second-order valence-electron chi connectivity index (χ2n) is 13.4. The SMILES string of the molecule is CCCCCCCCCCCCCCCCc1cccc(NC(=O)[S-])c1CCCCCCCCCCCCCCCC.NC(=O)[S-].[Zn+2]. The second kappa shape index (κ2) is 38.0. The van der Waals surface area contributed by atoms with Crippen LogP contribution >= 0.6 is 0 Å². The zero-order chi connectivity index (χ0) is 33.9. The number of carbonyl (C=O) groups excluding carboxylic acids is 2. The maximum atomic E-state index is 11.7. The Labute approximate surface area is 315 Å². The van der Waals surface area contributed by atoms with Crippen LogP contribution < -0.4 is 11.1 Å². The summed E-state index contributed by atoms with van der Waals surface area (Å²) in [6.45, 7) is 4.58. The number of nitrogens with one attached hydrogen (secondary N) is 1. The van der Waals surface area contributed by atoms with Crippen molar-refractivity contribution in [2.75, 3.05) is 5.32 Å². The number of amides is 2. The molecule has 0 aromatic heterocycles. The number of carbonyl (C=O) groups is 2. The maximum absolute atomic E-state index is 11.7. The molecule has 47 heavy (non-hydrogen) atoms. The molecule has 0 radical (unpaired) electrons.